The van der Waals surface area contributed by atoms with Crippen LogP contribution in [0.2, 0.25) is 0 Å². The van der Waals surface area contributed by atoms with Crippen LogP contribution >= 0.6 is 0 Å². The Morgan fingerprint density at radius 2 is 1.91 bits per heavy atom. The Kier molecular flexibility index (Phi) is 4.94. The zero-order valence-electron chi connectivity index (χ0n) is 12.4. The van der Waals surface area contributed by atoms with E-state index in [2.05, 4.69) is 10.1 Å². The molecule has 1 aliphatic heterocycles. The fourth-order valence-electron chi connectivity index (χ4n) is 2.46. The number of nitrogens with one attached hydrogen (secondary N) is 1. The number of likely N-dealkylation sites (tertiary alicyclic amines) is 1. The van der Waals surface area contributed by atoms with Crippen molar-refractivity contribution in [1.82, 2.24) is 4.90 Å². The van der Waals surface area contributed by atoms with Crippen LogP contribution < -0.4 is 5.32 Å². The number of nitro groups is 2. The number of methoxy groups -OCH3 is 1. The van der Waals surface area contributed by atoms with Crippen LogP contribution in [0.25, 0.3) is 0 Å². The molecule has 0 radical (unpaired) electrons. The van der Waals surface area contributed by atoms with Crippen molar-refractivity contribution in [2.24, 2.45) is 0 Å². The number of ether oxygens (including phenoxy) is 1. The molecule has 0 aromatic heterocycles. The van der Waals surface area contributed by atoms with Gasteiger partial charge in [-0.2, -0.15) is 0 Å². The van der Waals surface area contributed by atoms with Gasteiger partial charge in [0.25, 0.3) is 11.4 Å². The quantitative estimate of drug-likeness (QED) is 0.663. The summed E-state index contributed by atoms with van der Waals surface area (Å²) in [4.78, 5) is 33.4. The first kappa shape index (κ1) is 16.5. The third-order valence-electron chi connectivity index (χ3n) is 3.68. The molecular formula is C13H16N4O6. The molecular weight excluding hydrogens is 308 g/mol. The second kappa shape index (κ2) is 6.90. The maximum atomic E-state index is 11.4. The Hall–Kier alpha value is -2.91. The van der Waals surface area contributed by atoms with Gasteiger partial charge in [0.05, 0.1) is 23.0 Å². The first-order chi connectivity index (χ1) is 10.9. The number of nitro benzene ring substituents is 2. The predicted molar refractivity (Wildman–Crippen MR) is 80.4 cm³/mol. The molecule has 0 saturated carbocycles. The largest absolute Gasteiger partial charge is 0.453 e. The van der Waals surface area contributed by atoms with E-state index in [1.54, 1.807) is 4.90 Å². The minimum atomic E-state index is -0.675. The highest BCUT2D eigenvalue weighted by Crippen LogP contribution is 2.30. The molecule has 23 heavy (non-hydrogen) atoms. The standard InChI is InChI=1S/C13H16N4O6/c1-23-13(18)15-6-4-9(5-7-15)14-11-3-2-10(16(19)20)8-12(11)17(21)22/h2-3,8-9,14H,4-7H2,1H3. The lowest BCUT2D eigenvalue weighted by Gasteiger charge is -2.31. The molecule has 1 heterocycles. The molecule has 0 aliphatic carbocycles. The van der Waals surface area contributed by atoms with Gasteiger partial charge in [-0.25, -0.2) is 4.79 Å². The van der Waals surface area contributed by atoms with Crippen LogP contribution in [0.3, 0.4) is 0 Å². The first-order valence-electron chi connectivity index (χ1n) is 6.94. The van der Waals surface area contributed by atoms with Crippen molar-refractivity contribution >= 4 is 23.2 Å². The SMILES string of the molecule is COC(=O)N1CCC(Nc2ccc([N+](=O)[O-])cc2[N+](=O)[O-])CC1. The molecule has 0 unspecified atom stereocenters. The topological polar surface area (TPSA) is 128 Å². The molecule has 1 amide bonds. The van der Waals surface area contributed by atoms with Crippen LogP contribution in [0.5, 0.6) is 0 Å². The van der Waals surface area contributed by atoms with E-state index in [0.717, 1.165) is 6.07 Å². The molecule has 10 heteroatoms. The van der Waals surface area contributed by atoms with E-state index in [-0.39, 0.29) is 23.1 Å². The summed E-state index contributed by atoms with van der Waals surface area (Å²) in [6, 6.07) is 3.43. The Morgan fingerprint density at radius 3 is 2.43 bits per heavy atom. The summed E-state index contributed by atoms with van der Waals surface area (Å²) in [6.45, 7) is 0.955. The third-order valence-corrected chi connectivity index (χ3v) is 3.68. The highest BCUT2D eigenvalue weighted by atomic mass is 16.6. The molecule has 0 atom stereocenters. The summed E-state index contributed by atoms with van der Waals surface area (Å²) in [5.74, 6) is 0. The smallest absolute Gasteiger partial charge is 0.409 e. The average Bonchev–Trinajstić information content (AvgIpc) is 2.54. The second-order valence-electron chi connectivity index (χ2n) is 5.09. The summed E-state index contributed by atoms with van der Waals surface area (Å²) in [5, 5.41) is 24.8. The van der Waals surface area contributed by atoms with Gasteiger partial charge in [-0.15, -0.1) is 0 Å². The number of hydrogen-bond acceptors (Lipinski definition) is 7. The number of non-ortho nitro benzene ring substituents is 1. The fourth-order valence-corrected chi connectivity index (χ4v) is 2.46. The summed E-state index contributed by atoms with van der Waals surface area (Å²) in [7, 11) is 1.31. The number of piperidine rings is 1. The molecule has 0 spiro atoms. The molecule has 1 aliphatic rings. The monoisotopic (exact) mass is 324 g/mol. The van der Waals surface area contributed by atoms with E-state index in [1.165, 1.54) is 19.2 Å². The third kappa shape index (κ3) is 3.84. The highest BCUT2D eigenvalue weighted by molar-refractivity contribution is 5.68. The number of carbonyl (C=O) groups excluding carboxylic acids is 1. The number of amides is 1. The van der Waals surface area contributed by atoms with E-state index in [1.807, 2.05) is 0 Å². The van der Waals surface area contributed by atoms with E-state index in [0.29, 0.717) is 25.9 Å². The van der Waals surface area contributed by atoms with Crippen molar-refractivity contribution < 1.29 is 19.4 Å². The van der Waals surface area contributed by atoms with Crippen molar-refractivity contribution in [2.75, 3.05) is 25.5 Å². The molecule has 124 valence electrons. The Labute approximate surface area is 131 Å². The lowest BCUT2D eigenvalue weighted by Crippen LogP contribution is -2.42. The van der Waals surface area contributed by atoms with E-state index < -0.39 is 15.9 Å². The van der Waals surface area contributed by atoms with Crippen LogP contribution in [0.15, 0.2) is 18.2 Å². The first-order valence-corrected chi connectivity index (χ1v) is 6.94. The van der Waals surface area contributed by atoms with Crippen LogP contribution in [0.4, 0.5) is 21.9 Å². The number of rotatable bonds is 4. The van der Waals surface area contributed by atoms with Crippen LogP contribution in [-0.2, 0) is 4.74 Å². The van der Waals surface area contributed by atoms with Crippen LogP contribution in [0.1, 0.15) is 12.8 Å². The van der Waals surface area contributed by atoms with Crippen molar-refractivity contribution in [1.29, 1.82) is 0 Å². The van der Waals surface area contributed by atoms with E-state index in [4.69, 9.17) is 0 Å². The number of benzene rings is 1. The van der Waals surface area contributed by atoms with E-state index >= 15 is 0 Å². The normalized spacial score (nSPS) is 15.1. The summed E-state index contributed by atoms with van der Waals surface area (Å²) >= 11 is 0. The van der Waals surface area contributed by atoms with Gasteiger partial charge in [-0.1, -0.05) is 0 Å². The summed E-state index contributed by atoms with van der Waals surface area (Å²) in [6.07, 6.45) is 0.803. The Morgan fingerprint density at radius 1 is 1.26 bits per heavy atom. The van der Waals surface area contributed by atoms with Crippen molar-refractivity contribution in [3.8, 4) is 0 Å². The van der Waals surface area contributed by atoms with Crippen LogP contribution in [0, 0.1) is 20.2 Å². The molecule has 1 aromatic carbocycles. The summed E-state index contributed by atoms with van der Waals surface area (Å²) in [5.41, 5.74) is -0.436. The second-order valence-corrected chi connectivity index (χ2v) is 5.09. The Balaban J connectivity index is 2.07. The van der Waals surface area contributed by atoms with Gasteiger partial charge < -0.3 is 15.0 Å². The van der Waals surface area contributed by atoms with Gasteiger partial charge in [-0.05, 0) is 18.9 Å². The van der Waals surface area contributed by atoms with Gasteiger partial charge in [0.2, 0.25) is 0 Å². The average molecular weight is 324 g/mol. The predicted octanol–water partition coefficient (Wildman–Crippen LogP) is 2.15. The Bertz CT molecular complexity index is 627. The fraction of sp³-hybridized carbons (Fsp3) is 0.462. The van der Waals surface area contributed by atoms with Crippen LogP contribution in [-0.4, -0.2) is 47.1 Å². The molecule has 10 nitrogen and oxygen atoms in total. The lowest BCUT2D eigenvalue weighted by molar-refractivity contribution is -0.393. The minimum absolute atomic E-state index is 0.0592. The zero-order valence-corrected chi connectivity index (χ0v) is 12.4. The van der Waals surface area contributed by atoms with Gasteiger partial charge >= 0.3 is 6.09 Å². The van der Waals surface area contributed by atoms with Gasteiger partial charge in [0.15, 0.2) is 0 Å². The molecule has 1 fully saturated rings. The maximum absolute atomic E-state index is 11.4. The maximum Gasteiger partial charge on any atom is 0.409 e. The molecule has 2 rings (SSSR count). The molecule has 1 N–H and O–H groups in total. The lowest BCUT2D eigenvalue weighted by atomic mass is 10.0. The molecule has 1 aromatic rings. The number of hydrogen-bond donors (Lipinski definition) is 1. The molecule has 1 saturated heterocycles. The summed E-state index contributed by atoms with van der Waals surface area (Å²) < 4.78 is 4.64. The number of carbonyl (C=O) groups is 1. The number of nitrogens with zero attached hydrogens (tertiary/aromatic N) is 3. The van der Waals surface area contributed by atoms with Crippen molar-refractivity contribution in [3.05, 3.63) is 38.4 Å². The van der Waals surface area contributed by atoms with Gasteiger partial charge in [0, 0.05) is 25.2 Å². The van der Waals surface area contributed by atoms with E-state index in [9.17, 15) is 25.0 Å². The van der Waals surface area contributed by atoms with Gasteiger partial charge in [-0.3, -0.25) is 20.2 Å². The highest BCUT2D eigenvalue weighted by Gasteiger charge is 2.26. The van der Waals surface area contributed by atoms with Crippen molar-refractivity contribution in [3.63, 3.8) is 0 Å². The van der Waals surface area contributed by atoms with Gasteiger partial charge in [0.1, 0.15) is 5.69 Å². The van der Waals surface area contributed by atoms with Crippen molar-refractivity contribution in [2.45, 2.75) is 18.9 Å². The minimum Gasteiger partial charge on any atom is -0.453 e. The molecule has 0 bridgehead atoms. The zero-order chi connectivity index (χ0) is 17.0. The number of anilines is 1.